The van der Waals surface area contributed by atoms with Gasteiger partial charge in [0.15, 0.2) is 5.11 Å². The lowest BCUT2D eigenvalue weighted by atomic mass is 10.2. The van der Waals surface area contributed by atoms with E-state index in [1.807, 2.05) is 6.92 Å². The Morgan fingerprint density at radius 2 is 1.63 bits per heavy atom. The summed E-state index contributed by atoms with van der Waals surface area (Å²) in [5.41, 5.74) is 0.922. The summed E-state index contributed by atoms with van der Waals surface area (Å²) in [5.74, 6) is 0.154. The largest absolute Gasteiger partial charge is 0.494 e. The van der Waals surface area contributed by atoms with Gasteiger partial charge in [-0.25, -0.2) is 13.2 Å². The van der Waals surface area contributed by atoms with E-state index in [9.17, 15) is 13.2 Å². The Kier molecular flexibility index (Phi) is 7.14. The van der Waals surface area contributed by atoms with Crippen LogP contribution in [0.15, 0.2) is 53.4 Å². The van der Waals surface area contributed by atoms with E-state index < -0.39 is 16.0 Å². The third kappa shape index (κ3) is 5.93. The van der Waals surface area contributed by atoms with Crippen molar-refractivity contribution in [1.82, 2.24) is 4.72 Å². The molecule has 2 aromatic carbocycles. The van der Waals surface area contributed by atoms with E-state index in [0.717, 1.165) is 0 Å². The van der Waals surface area contributed by atoms with Gasteiger partial charge in [-0.3, -0.25) is 4.72 Å². The van der Waals surface area contributed by atoms with Crippen LogP contribution in [0.3, 0.4) is 0 Å². The van der Waals surface area contributed by atoms with E-state index in [2.05, 4.69) is 10.0 Å². The van der Waals surface area contributed by atoms with Gasteiger partial charge in [0, 0.05) is 5.69 Å². The number of nitrogens with one attached hydrogen (secondary N) is 2. The van der Waals surface area contributed by atoms with Crippen molar-refractivity contribution in [2.24, 2.45) is 0 Å². The summed E-state index contributed by atoms with van der Waals surface area (Å²) in [7, 11) is -3.82. The predicted molar refractivity (Wildman–Crippen MR) is 107 cm³/mol. The quantitative estimate of drug-likeness (QED) is 0.537. The topological polar surface area (TPSA) is 93.7 Å². The number of hydrogen-bond donors (Lipinski definition) is 2. The molecule has 0 aliphatic rings. The van der Waals surface area contributed by atoms with Crippen molar-refractivity contribution in [3.63, 3.8) is 0 Å². The zero-order valence-electron chi connectivity index (χ0n) is 14.9. The molecule has 0 aliphatic carbocycles. The molecule has 0 atom stereocenters. The minimum absolute atomic E-state index is 0.0627. The van der Waals surface area contributed by atoms with E-state index in [4.69, 9.17) is 21.7 Å². The van der Waals surface area contributed by atoms with Crippen LogP contribution in [0.5, 0.6) is 5.75 Å². The number of sulfonamides is 1. The number of anilines is 1. The van der Waals surface area contributed by atoms with Crippen LogP contribution in [0, 0.1) is 0 Å². The molecule has 144 valence electrons. The summed E-state index contributed by atoms with van der Waals surface area (Å²) >= 11 is 5.06. The van der Waals surface area contributed by atoms with Crippen LogP contribution in [0.2, 0.25) is 0 Å². The maximum atomic E-state index is 12.4. The molecular formula is C18H20N2O5S2. The van der Waals surface area contributed by atoms with Crippen LogP contribution in [-0.4, -0.2) is 32.7 Å². The standard InChI is InChI=1S/C18H20N2O5S2/c1-3-24-15-9-11-16(12-10-15)27(22,23)20-18(26)19-14-7-5-13(6-8-14)17(21)25-4-2/h5-12H,3-4H2,1-2H3,(H2,19,20,26). The number of carbonyl (C=O) groups is 1. The summed E-state index contributed by atoms with van der Waals surface area (Å²) in [5, 5.41) is 2.67. The maximum Gasteiger partial charge on any atom is 0.338 e. The lowest BCUT2D eigenvalue weighted by molar-refractivity contribution is 0.0526. The first-order valence-corrected chi connectivity index (χ1v) is 10.1. The second-order valence-electron chi connectivity index (χ2n) is 5.26. The summed E-state index contributed by atoms with van der Waals surface area (Å²) < 4.78 is 37.2. The Labute approximate surface area is 163 Å². The summed E-state index contributed by atoms with van der Waals surface area (Å²) in [6, 6.07) is 12.3. The third-order valence-electron chi connectivity index (χ3n) is 3.33. The second-order valence-corrected chi connectivity index (χ2v) is 7.35. The van der Waals surface area contributed by atoms with Crippen molar-refractivity contribution in [2.45, 2.75) is 18.7 Å². The van der Waals surface area contributed by atoms with Crippen LogP contribution in [0.25, 0.3) is 0 Å². The van der Waals surface area contributed by atoms with Gasteiger partial charge in [0.05, 0.1) is 23.7 Å². The van der Waals surface area contributed by atoms with Gasteiger partial charge in [-0.2, -0.15) is 0 Å². The first-order valence-electron chi connectivity index (χ1n) is 8.19. The fourth-order valence-corrected chi connectivity index (χ4v) is 3.48. The van der Waals surface area contributed by atoms with Crippen LogP contribution in [-0.2, 0) is 14.8 Å². The Balaban J connectivity index is 2.00. The van der Waals surface area contributed by atoms with E-state index in [1.165, 1.54) is 12.1 Å². The minimum atomic E-state index is -3.82. The molecule has 7 nitrogen and oxygen atoms in total. The summed E-state index contributed by atoms with van der Waals surface area (Å²) in [6.07, 6.45) is 0. The molecule has 27 heavy (non-hydrogen) atoms. The molecule has 2 rings (SSSR count). The molecule has 0 saturated heterocycles. The number of ether oxygens (including phenoxy) is 2. The van der Waals surface area contributed by atoms with E-state index >= 15 is 0 Å². The average Bonchev–Trinajstić information content (AvgIpc) is 2.63. The normalized spacial score (nSPS) is 10.7. The zero-order valence-corrected chi connectivity index (χ0v) is 16.5. The van der Waals surface area contributed by atoms with E-state index in [-0.39, 0.29) is 16.6 Å². The SMILES string of the molecule is CCOC(=O)c1ccc(NC(=S)NS(=O)(=O)c2ccc(OCC)cc2)cc1. The van der Waals surface area contributed by atoms with Crippen molar-refractivity contribution in [3.8, 4) is 5.75 Å². The van der Waals surface area contributed by atoms with Crippen LogP contribution in [0.1, 0.15) is 24.2 Å². The molecule has 0 unspecified atom stereocenters. The number of esters is 1. The van der Waals surface area contributed by atoms with Gasteiger partial charge in [-0.1, -0.05) is 0 Å². The van der Waals surface area contributed by atoms with Crippen molar-refractivity contribution in [3.05, 3.63) is 54.1 Å². The highest BCUT2D eigenvalue weighted by molar-refractivity contribution is 7.92. The molecule has 0 heterocycles. The fraction of sp³-hybridized carbons (Fsp3) is 0.222. The number of rotatable bonds is 7. The molecule has 0 spiro atoms. The maximum absolute atomic E-state index is 12.4. The van der Waals surface area contributed by atoms with Crippen molar-refractivity contribution in [1.29, 1.82) is 0 Å². The molecule has 0 aliphatic heterocycles. The first kappa shape index (κ1) is 20.7. The second kappa shape index (κ2) is 9.33. The highest BCUT2D eigenvalue weighted by Gasteiger charge is 2.16. The number of thiocarbonyl (C=S) groups is 1. The lowest BCUT2D eigenvalue weighted by Crippen LogP contribution is -2.34. The van der Waals surface area contributed by atoms with Gasteiger partial charge in [0.2, 0.25) is 0 Å². The molecule has 2 aromatic rings. The molecule has 2 N–H and O–H groups in total. The van der Waals surface area contributed by atoms with Gasteiger partial charge < -0.3 is 14.8 Å². The molecule has 9 heteroatoms. The van der Waals surface area contributed by atoms with Gasteiger partial charge in [0.25, 0.3) is 10.0 Å². The molecule has 0 fully saturated rings. The molecular weight excluding hydrogens is 388 g/mol. The Morgan fingerprint density at radius 3 is 2.19 bits per heavy atom. The summed E-state index contributed by atoms with van der Waals surface area (Å²) in [4.78, 5) is 11.7. The number of benzene rings is 2. The number of hydrogen-bond acceptors (Lipinski definition) is 6. The fourth-order valence-electron chi connectivity index (χ4n) is 2.12. The first-order chi connectivity index (χ1) is 12.9. The molecule has 0 saturated carbocycles. The smallest absolute Gasteiger partial charge is 0.338 e. The third-order valence-corrected chi connectivity index (χ3v) is 5.02. The van der Waals surface area contributed by atoms with Crippen LogP contribution >= 0.6 is 12.2 Å². The van der Waals surface area contributed by atoms with Gasteiger partial charge in [0.1, 0.15) is 5.75 Å². The van der Waals surface area contributed by atoms with Gasteiger partial charge >= 0.3 is 5.97 Å². The van der Waals surface area contributed by atoms with Crippen molar-refractivity contribution in [2.75, 3.05) is 18.5 Å². The predicted octanol–water partition coefficient (Wildman–Crippen LogP) is 2.94. The number of carbonyl (C=O) groups excluding carboxylic acids is 1. The minimum Gasteiger partial charge on any atom is -0.494 e. The Morgan fingerprint density at radius 1 is 1.00 bits per heavy atom. The van der Waals surface area contributed by atoms with Crippen LogP contribution < -0.4 is 14.8 Å². The average molecular weight is 409 g/mol. The molecule has 0 bridgehead atoms. The van der Waals surface area contributed by atoms with E-state index in [1.54, 1.807) is 43.3 Å². The van der Waals surface area contributed by atoms with Gasteiger partial charge in [-0.05, 0) is 74.6 Å². The van der Waals surface area contributed by atoms with Crippen molar-refractivity contribution >= 4 is 39.0 Å². The molecule has 0 aromatic heterocycles. The van der Waals surface area contributed by atoms with E-state index in [0.29, 0.717) is 23.6 Å². The molecule has 0 radical (unpaired) electrons. The van der Waals surface area contributed by atoms with Crippen LogP contribution in [0.4, 0.5) is 5.69 Å². The zero-order chi connectivity index (χ0) is 19.9. The summed E-state index contributed by atoms with van der Waals surface area (Å²) in [6.45, 7) is 4.35. The van der Waals surface area contributed by atoms with Gasteiger partial charge in [-0.15, -0.1) is 0 Å². The Hall–Kier alpha value is -2.65. The van der Waals surface area contributed by atoms with Crippen molar-refractivity contribution < 1.29 is 22.7 Å². The monoisotopic (exact) mass is 408 g/mol. The highest BCUT2D eigenvalue weighted by Crippen LogP contribution is 2.16. The lowest BCUT2D eigenvalue weighted by Gasteiger charge is -2.12. The molecule has 0 amide bonds. The Bertz CT molecular complexity index is 894. The highest BCUT2D eigenvalue weighted by atomic mass is 32.2.